The molecule has 0 amide bonds. The van der Waals surface area contributed by atoms with Crippen LogP contribution in [0.15, 0.2) is 18.2 Å². The minimum atomic E-state index is -3.38. The standard InChI is InChI=1S/C28H48F2N2O2Si/c1-19(2)35(20(3)4,21(5)6)33-18-28(29,30)34-23-14-15-25(22(7)16-23)32-17-27(8,9)31-24-12-10-11-13-26(24)32/h14-16,19-21,24,26,31H,10-13,17-18H2,1-9H3. The number of piperazine rings is 1. The Hall–Kier alpha value is -1.18. The third-order valence-corrected chi connectivity index (χ3v) is 14.3. The molecule has 4 nitrogen and oxygen atoms in total. The summed E-state index contributed by atoms with van der Waals surface area (Å²) in [5.41, 5.74) is 2.82. The molecule has 1 aliphatic carbocycles. The van der Waals surface area contributed by atoms with Crippen LogP contribution in [0.5, 0.6) is 5.75 Å². The number of anilines is 1. The molecule has 1 saturated heterocycles. The van der Waals surface area contributed by atoms with Crippen molar-refractivity contribution in [2.45, 2.75) is 128 Å². The Morgan fingerprint density at radius 2 is 1.66 bits per heavy atom. The first kappa shape index (κ1) is 28.4. The van der Waals surface area contributed by atoms with Gasteiger partial charge >= 0.3 is 6.11 Å². The van der Waals surface area contributed by atoms with Gasteiger partial charge in [0.2, 0.25) is 8.32 Å². The molecule has 7 heteroatoms. The van der Waals surface area contributed by atoms with Gasteiger partial charge in [-0.2, -0.15) is 8.78 Å². The third-order valence-electron chi connectivity index (χ3n) is 8.21. The summed E-state index contributed by atoms with van der Waals surface area (Å²) in [6, 6.07) is 6.33. The van der Waals surface area contributed by atoms with Crippen molar-refractivity contribution in [1.29, 1.82) is 0 Å². The fourth-order valence-corrected chi connectivity index (χ4v) is 12.3. The number of hydrogen-bond acceptors (Lipinski definition) is 4. The molecule has 1 N–H and O–H groups in total. The first-order valence-electron chi connectivity index (χ1n) is 13.5. The van der Waals surface area contributed by atoms with E-state index in [1.165, 1.54) is 19.3 Å². The third kappa shape index (κ3) is 6.21. The minimum absolute atomic E-state index is 0.00409. The van der Waals surface area contributed by atoms with E-state index < -0.39 is 21.0 Å². The summed E-state index contributed by atoms with van der Waals surface area (Å²) in [4.78, 5) is 2.49. The van der Waals surface area contributed by atoms with E-state index in [0.29, 0.717) is 12.1 Å². The molecule has 1 aromatic carbocycles. The summed E-state index contributed by atoms with van der Waals surface area (Å²) in [7, 11) is -2.40. The van der Waals surface area contributed by atoms with Crippen LogP contribution >= 0.6 is 0 Å². The average Bonchev–Trinajstić information content (AvgIpc) is 2.72. The largest absolute Gasteiger partial charge is 0.431 e. The van der Waals surface area contributed by atoms with E-state index in [9.17, 15) is 8.78 Å². The van der Waals surface area contributed by atoms with Crippen LogP contribution in [0.2, 0.25) is 16.6 Å². The first-order chi connectivity index (χ1) is 16.2. The Labute approximate surface area is 213 Å². The maximum Gasteiger partial charge on any atom is 0.420 e. The lowest BCUT2D eigenvalue weighted by Gasteiger charge is -2.52. The van der Waals surface area contributed by atoms with E-state index in [-0.39, 0.29) is 27.9 Å². The normalized spacial score (nSPS) is 23.2. The topological polar surface area (TPSA) is 33.7 Å². The zero-order chi connectivity index (χ0) is 26.2. The molecule has 0 radical (unpaired) electrons. The van der Waals surface area contributed by atoms with Gasteiger partial charge in [0.1, 0.15) is 12.4 Å². The van der Waals surface area contributed by atoms with Crippen LogP contribution in [0.1, 0.15) is 86.6 Å². The van der Waals surface area contributed by atoms with E-state index in [1.807, 2.05) is 13.0 Å². The van der Waals surface area contributed by atoms with Crippen molar-refractivity contribution in [3.8, 4) is 5.75 Å². The molecule has 1 saturated carbocycles. The van der Waals surface area contributed by atoms with Crippen molar-refractivity contribution in [3.05, 3.63) is 23.8 Å². The number of rotatable bonds is 9. The van der Waals surface area contributed by atoms with Gasteiger partial charge in [-0.15, -0.1) is 0 Å². The van der Waals surface area contributed by atoms with Gasteiger partial charge in [0, 0.05) is 29.9 Å². The maximum absolute atomic E-state index is 15.0. The van der Waals surface area contributed by atoms with Crippen molar-refractivity contribution in [2.75, 3.05) is 18.1 Å². The number of alkyl halides is 2. The maximum atomic E-state index is 15.0. The van der Waals surface area contributed by atoms with Gasteiger partial charge in [-0.1, -0.05) is 54.4 Å². The summed E-state index contributed by atoms with van der Waals surface area (Å²) in [6.45, 7) is 19.3. The number of hydrogen-bond donors (Lipinski definition) is 1. The molecular formula is C28H48F2N2O2Si. The Morgan fingerprint density at radius 1 is 1.06 bits per heavy atom. The number of nitrogens with one attached hydrogen (secondary N) is 1. The minimum Gasteiger partial charge on any atom is -0.431 e. The Bertz CT molecular complexity index is 838. The molecule has 35 heavy (non-hydrogen) atoms. The molecule has 2 atom stereocenters. The summed E-state index contributed by atoms with van der Waals surface area (Å²) in [6.07, 6.45) is 1.46. The van der Waals surface area contributed by atoms with E-state index in [2.05, 4.69) is 65.6 Å². The molecule has 2 fully saturated rings. The monoisotopic (exact) mass is 510 g/mol. The molecule has 3 rings (SSSR count). The van der Waals surface area contributed by atoms with E-state index in [0.717, 1.165) is 24.2 Å². The van der Waals surface area contributed by atoms with E-state index >= 15 is 0 Å². The lowest BCUT2D eigenvalue weighted by Crippen LogP contribution is -2.67. The van der Waals surface area contributed by atoms with Crippen LogP contribution in [0.3, 0.4) is 0 Å². The second kappa shape index (κ2) is 10.7. The van der Waals surface area contributed by atoms with E-state index in [1.54, 1.807) is 12.1 Å². The predicted molar refractivity (Wildman–Crippen MR) is 144 cm³/mol. The SMILES string of the molecule is Cc1cc(OC(F)(F)CO[Si](C(C)C)(C(C)C)C(C)C)ccc1N1CC(C)(C)NC2CCCCC21. The summed E-state index contributed by atoms with van der Waals surface area (Å²) in [5.74, 6) is 0.195. The van der Waals surface area contributed by atoms with Gasteiger partial charge in [-0.05, 0) is 74.0 Å². The molecule has 1 heterocycles. The molecule has 1 aliphatic heterocycles. The van der Waals surface area contributed by atoms with Crippen LogP contribution < -0.4 is 15.0 Å². The summed E-state index contributed by atoms with van der Waals surface area (Å²) < 4.78 is 41.4. The molecule has 0 spiro atoms. The molecule has 0 bridgehead atoms. The zero-order valence-electron chi connectivity index (χ0n) is 23.4. The van der Waals surface area contributed by atoms with Gasteiger partial charge in [0.25, 0.3) is 0 Å². The predicted octanol–water partition coefficient (Wildman–Crippen LogP) is 7.66. The van der Waals surface area contributed by atoms with Crippen LogP contribution in [0.4, 0.5) is 14.5 Å². The number of halogens is 2. The Balaban J connectivity index is 1.75. The molecule has 2 aliphatic rings. The quantitative estimate of drug-likeness (QED) is 0.346. The lowest BCUT2D eigenvalue weighted by atomic mass is 9.83. The van der Waals surface area contributed by atoms with Gasteiger partial charge in [0.15, 0.2) is 0 Å². The summed E-state index contributed by atoms with van der Waals surface area (Å²) in [5, 5.41) is 3.83. The Morgan fingerprint density at radius 3 is 2.23 bits per heavy atom. The number of fused-ring (bicyclic) bond motifs is 1. The van der Waals surface area contributed by atoms with Gasteiger partial charge in [-0.3, -0.25) is 0 Å². The second-order valence-electron chi connectivity index (χ2n) is 12.4. The highest BCUT2D eigenvalue weighted by Crippen LogP contribution is 2.43. The first-order valence-corrected chi connectivity index (χ1v) is 15.7. The highest BCUT2D eigenvalue weighted by molar-refractivity contribution is 6.77. The van der Waals surface area contributed by atoms with E-state index in [4.69, 9.17) is 9.16 Å². The number of benzene rings is 1. The highest BCUT2D eigenvalue weighted by atomic mass is 28.4. The van der Waals surface area contributed by atoms with Gasteiger partial charge in [-0.25, -0.2) is 0 Å². The van der Waals surface area contributed by atoms with Crippen LogP contribution in [-0.2, 0) is 4.43 Å². The van der Waals surface area contributed by atoms with Gasteiger partial charge in [0.05, 0.1) is 0 Å². The fourth-order valence-electron chi connectivity index (χ4n) is 6.93. The van der Waals surface area contributed by atoms with Crippen molar-refractivity contribution < 1.29 is 17.9 Å². The smallest absolute Gasteiger partial charge is 0.420 e. The Kier molecular flexibility index (Phi) is 8.65. The summed E-state index contributed by atoms with van der Waals surface area (Å²) >= 11 is 0. The number of nitrogens with zero attached hydrogens (tertiary/aromatic N) is 1. The molecular weight excluding hydrogens is 462 g/mol. The lowest BCUT2D eigenvalue weighted by molar-refractivity contribution is -0.198. The van der Waals surface area contributed by atoms with Crippen molar-refractivity contribution in [3.63, 3.8) is 0 Å². The zero-order valence-corrected chi connectivity index (χ0v) is 24.4. The molecule has 2 unspecified atom stereocenters. The molecule has 200 valence electrons. The fraction of sp³-hybridized carbons (Fsp3) is 0.786. The highest BCUT2D eigenvalue weighted by Gasteiger charge is 2.48. The molecule has 0 aromatic heterocycles. The average molecular weight is 511 g/mol. The number of aryl methyl sites for hydroxylation is 1. The molecule has 1 aromatic rings. The van der Waals surface area contributed by atoms with Crippen LogP contribution in [0.25, 0.3) is 0 Å². The van der Waals surface area contributed by atoms with Crippen LogP contribution in [0, 0.1) is 6.92 Å². The van der Waals surface area contributed by atoms with Gasteiger partial charge < -0.3 is 19.4 Å². The van der Waals surface area contributed by atoms with Crippen LogP contribution in [-0.4, -0.2) is 45.2 Å². The number of ether oxygens (including phenoxy) is 1. The second-order valence-corrected chi connectivity index (χ2v) is 17.9. The van der Waals surface area contributed by atoms with Crippen molar-refractivity contribution in [2.24, 2.45) is 0 Å². The van der Waals surface area contributed by atoms with Crippen molar-refractivity contribution in [1.82, 2.24) is 5.32 Å². The van der Waals surface area contributed by atoms with Crippen molar-refractivity contribution >= 4 is 14.0 Å².